The van der Waals surface area contributed by atoms with Crippen LogP contribution >= 0.6 is 0 Å². The summed E-state index contributed by atoms with van der Waals surface area (Å²) < 4.78 is 1.89. The number of nitrogens with zero attached hydrogens (tertiary/aromatic N) is 3. The molecule has 0 aliphatic heterocycles. The molecule has 0 amide bonds. The Morgan fingerprint density at radius 1 is 1.28 bits per heavy atom. The van der Waals surface area contributed by atoms with Crippen LogP contribution in [-0.4, -0.2) is 14.4 Å². The summed E-state index contributed by atoms with van der Waals surface area (Å²) in [6.07, 6.45) is 3.68. The molecule has 4 nitrogen and oxygen atoms in total. The van der Waals surface area contributed by atoms with Crippen LogP contribution < -0.4 is 5.73 Å². The first kappa shape index (κ1) is 10.9. The number of hydrogen-bond donors (Lipinski definition) is 1. The van der Waals surface area contributed by atoms with Gasteiger partial charge in [-0.2, -0.15) is 0 Å². The fourth-order valence-electron chi connectivity index (χ4n) is 2.00. The van der Waals surface area contributed by atoms with Crippen molar-refractivity contribution in [1.29, 1.82) is 0 Å². The summed E-state index contributed by atoms with van der Waals surface area (Å²) in [6, 6.07) is 10.3. The van der Waals surface area contributed by atoms with E-state index in [1.807, 2.05) is 22.7 Å². The highest BCUT2D eigenvalue weighted by atomic mass is 15.0. The number of aromatic nitrogens is 3. The van der Waals surface area contributed by atoms with Gasteiger partial charge in [0.15, 0.2) is 0 Å². The Morgan fingerprint density at radius 2 is 2.17 bits per heavy atom. The third-order valence-corrected chi connectivity index (χ3v) is 2.92. The summed E-state index contributed by atoms with van der Waals surface area (Å²) in [4.78, 5) is 8.89. The highest BCUT2D eigenvalue weighted by Crippen LogP contribution is 2.19. The molecule has 0 unspecified atom stereocenters. The number of rotatable bonds is 2. The molecule has 0 saturated carbocycles. The smallest absolute Gasteiger partial charge is 0.140 e. The SMILES string of the molecule is Cc1cccc(-c2cc3nc(CN)cn3cn2)c1. The average Bonchev–Trinajstić information content (AvgIpc) is 2.80. The van der Waals surface area contributed by atoms with Crippen molar-refractivity contribution >= 4 is 5.65 Å². The van der Waals surface area contributed by atoms with Crippen LogP contribution in [0.2, 0.25) is 0 Å². The predicted molar refractivity (Wildman–Crippen MR) is 71.1 cm³/mol. The van der Waals surface area contributed by atoms with Crippen LogP contribution in [0.25, 0.3) is 16.9 Å². The monoisotopic (exact) mass is 238 g/mol. The minimum Gasteiger partial charge on any atom is -0.325 e. The number of aryl methyl sites for hydroxylation is 1. The molecule has 3 rings (SSSR count). The van der Waals surface area contributed by atoms with Gasteiger partial charge >= 0.3 is 0 Å². The van der Waals surface area contributed by atoms with Gasteiger partial charge in [0.05, 0.1) is 11.4 Å². The van der Waals surface area contributed by atoms with E-state index in [1.54, 1.807) is 6.33 Å². The summed E-state index contributed by atoms with van der Waals surface area (Å²) in [5, 5.41) is 0. The second kappa shape index (κ2) is 4.23. The average molecular weight is 238 g/mol. The Bertz CT molecular complexity index is 700. The highest BCUT2D eigenvalue weighted by Gasteiger charge is 2.04. The first-order valence-corrected chi connectivity index (χ1v) is 5.87. The summed E-state index contributed by atoms with van der Waals surface area (Å²) in [5.74, 6) is 0. The van der Waals surface area contributed by atoms with E-state index in [1.165, 1.54) is 5.56 Å². The summed E-state index contributed by atoms with van der Waals surface area (Å²) >= 11 is 0. The van der Waals surface area contributed by atoms with Crippen molar-refractivity contribution in [1.82, 2.24) is 14.4 Å². The Hall–Kier alpha value is -2.20. The van der Waals surface area contributed by atoms with E-state index in [4.69, 9.17) is 5.73 Å². The van der Waals surface area contributed by atoms with E-state index in [0.29, 0.717) is 6.54 Å². The molecule has 3 aromatic rings. The Kier molecular flexibility index (Phi) is 2.57. The largest absolute Gasteiger partial charge is 0.325 e. The first-order valence-electron chi connectivity index (χ1n) is 5.87. The number of nitrogens with two attached hydrogens (primary N) is 1. The molecule has 0 atom stereocenters. The van der Waals surface area contributed by atoms with Crippen LogP contribution in [0.5, 0.6) is 0 Å². The van der Waals surface area contributed by atoms with E-state index in [-0.39, 0.29) is 0 Å². The molecule has 0 saturated heterocycles. The van der Waals surface area contributed by atoms with Crippen LogP contribution in [0.15, 0.2) is 42.9 Å². The van der Waals surface area contributed by atoms with E-state index < -0.39 is 0 Å². The van der Waals surface area contributed by atoms with Crippen LogP contribution in [0, 0.1) is 6.92 Å². The summed E-state index contributed by atoms with van der Waals surface area (Å²) in [7, 11) is 0. The molecule has 2 heterocycles. The van der Waals surface area contributed by atoms with Crippen LogP contribution in [0.1, 0.15) is 11.3 Å². The van der Waals surface area contributed by atoms with Crippen molar-refractivity contribution in [2.75, 3.05) is 0 Å². The predicted octanol–water partition coefficient (Wildman–Crippen LogP) is 2.16. The second-order valence-corrected chi connectivity index (χ2v) is 4.35. The molecule has 90 valence electrons. The van der Waals surface area contributed by atoms with Gasteiger partial charge in [-0.15, -0.1) is 0 Å². The van der Waals surface area contributed by atoms with Gasteiger partial charge < -0.3 is 5.73 Å². The summed E-state index contributed by atoms with van der Waals surface area (Å²) in [5.41, 5.74) is 10.6. The topological polar surface area (TPSA) is 56.2 Å². The second-order valence-electron chi connectivity index (χ2n) is 4.35. The molecule has 2 N–H and O–H groups in total. The van der Waals surface area contributed by atoms with Gasteiger partial charge in [0.2, 0.25) is 0 Å². The number of benzene rings is 1. The van der Waals surface area contributed by atoms with Crippen LogP contribution in [0.4, 0.5) is 0 Å². The van der Waals surface area contributed by atoms with Crippen LogP contribution in [-0.2, 0) is 6.54 Å². The zero-order valence-corrected chi connectivity index (χ0v) is 10.2. The summed E-state index contributed by atoms with van der Waals surface area (Å²) in [6.45, 7) is 2.52. The van der Waals surface area contributed by atoms with Gasteiger partial charge in [-0.05, 0) is 13.0 Å². The van der Waals surface area contributed by atoms with Crippen molar-refractivity contribution < 1.29 is 0 Å². The zero-order chi connectivity index (χ0) is 12.5. The van der Waals surface area contributed by atoms with E-state index in [9.17, 15) is 0 Å². The quantitative estimate of drug-likeness (QED) is 0.744. The van der Waals surface area contributed by atoms with Crippen molar-refractivity contribution in [3.63, 3.8) is 0 Å². The third kappa shape index (κ3) is 1.87. The molecular weight excluding hydrogens is 224 g/mol. The van der Waals surface area contributed by atoms with Gasteiger partial charge in [0, 0.05) is 24.4 Å². The number of hydrogen-bond acceptors (Lipinski definition) is 3. The van der Waals surface area contributed by atoms with Crippen molar-refractivity contribution in [2.24, 2.45) is 5.73 Å². The maximum atomic E-state index is 5.59. The van der Waals surface area contributed by atoms with Crippen molar-refractivity contribution in [3.05, 3.63) is 54.1 Å². The standard InChI is InChI=1S/C14H14N4/c1-10-3-2-4-11(5-10)13-6-14-17-12(7-15)8-18(14)9-16-13/h2-6,8-9H,7,15H2,1H3. The molecule has 1 aromatic carbocycles. The molecule has 4 heteroatoms. The van der Waals surface area contributed by atoms with E-state index in [0.717, 1.165) is 22.6 Å². The molecule has 0 radical (unpaired) electrons. The fourth-order valence-corrected chi connectivity index (χ4v) is 2.00. The molecule has 0 aliphatic carbocycles. The van der Waals surface area contributed by atoms with Crippen LogP contribution in [0.3, 0.4) is 0 Å². The number of fused-ring (bicyclic) bond motifs is 1. The molecule has 0 fully saturated rings. The zero-order valence-electron chi connectivity index (χ0n) is 10.2. The lowest BCUT2D eigenvalue weighted by Crippen LogP contribution is -1.95. The number of imidazole rings is 1. The molecule has 0 aliphatic rings. The van der Waals surface area contributed by atoms with Gasteiger partial charge in [-0.25, -0.2) is 9.97 Å². The lowest BCUT2D eigenvalue weighted by molar-refractivity contribution is 1.01. The normalized spacial score (nSPS) is 11.0. The van der Waals surface area contributed by atoms with Crippen molar-refractivity contribution in [2.45, 2.75) is 13.5 Å². The van der Waals surface area contributed by atoms with Gasteiger partial charge in [-0.1, -0.05) is 23.8 Å². The Labute approximate surface area is 105 Å². The first-order chi connectivity index (χ1) is 8.76. The van der Waals surface area contributed by atoms with Gasteiger partial charge in [-0.3, -0.25) is 4.40 Å². The molecular formula is C14H14N4. The van der Waals surface area contributed by atoms with Gasteiger partial charge in [0.25, 0.3) is 0 Å². The maximum absolute atomic E-state index is 5.59. The Balaban J connectivity index is 2.12. The third-order valence-electron chi connectivity index (χ3n) is 2.92. The van der Waals surface area contributed by atoms with Gasteiger partial charge in [0.1, 0.15) is 12.0 Å². The molecule has 2 aromatic heterocycles. The lowest BCUT2D eigenvalue weighted by Gasteiger charge is -2.02. The maximum Gasteiger partial charge on any atom is 0.140 e. The lowest BCUT2D eigenvalue weighted by atomic mass is 10.1. The van der Waals surface area contributed by atoms with E-state index in [2.05, 4.69) is 35.1 Å². The minimum atomic E-state index is 0.446. The molecule has 18 heavy (non-hydrogen) atoms. The molecule has 0 bridgehead atoms. The highest BCUT2D eigenvalue weighted by molar-refractivity contribution is 5.64. The fraction of sp³-hybridized carbons (Fsp3) is 0.143. The Morgan fingerprint density at radius 3 is 2.94 bits per heavy atom. The molecule has 0 spiro atoms. The minimum absolute atomic E-state index is 0.446. The van der Waals surface area contributed by atoms with E-state index >= 15 is 0 Å². The van der Waals surface area contributed by atoms with Crippen molar-refractivity contribution in [3.8, 4) is 11.3 Å².